The monoisotopic (exact) mass is 530 g/mol. The summed E-state index contributed by atoms with van der Waals surface area (Å²) in [5, 5.41) is 11.8. The minimum Gasteiger partial charge on any atom is -0.478 e. The van der Waals surface area contributed by atoms with Gasteiger partial charge in [0, 0.05) is 42.7 Å². The molecule has 0 amide bonds. The normalized spacial score (nSPS) is 12.6. The average molecular weight is 531 g/mol. The van der Waals surface area contributed by atoms with Crippen molar-refractivity contribution in [3.05, 3.63) is 107 Å². The largest absolute Gasteiger partial charge is 0.478 e. The van der Waals surface area contributed by atoms with Crippen LogP contribution in [-0.4, -0.2) is 39.8 Å². The number of carbonyl (C=O) groups is 1. The summed E-state index contributed by atoms with van der Waals surface area (Å²) in [6.45, 7) is 0.474. The first-order chi connectivity index (χ1) is 18.4. The van der Waals surface area contributed by atoms with Gasteiger partial charge in [0.15, 0.2) is 5.96 Å². The molecule has 38 heavy (non-hydrogen) atoms. The Bertz CT molecular complexity index is 1540. The number of aliphatic carboxylic acids is 1. The van der Waals surface area contributed by atoms with Crippen molar-refractivity contribution in [2.45, 2.75) is 6.42 Å². The molecule has 0 saturated heterocycles. The number of fused-ring (bicyclic) bond motifs is 1. The van der Waals surface area contributed by atoms with Gasteiger partial charge in [-0.2, -0.15) is 0 Å². The molecule has 0 aliphatic rings. The zero-order chi connectivity index (χ0) is 26.9. The number of aliphatic imine (C=N–C) groups is 2. The molecule has 1 heterocycles. The highest BCUT2D eigenvalue weighted by atomic mass is 35.5. The van der Waals surface area contributed by atoms with Crippen LogP contribution in [0.2, 0.25) is 5.02 Å². The number of imidazole rings is 1. The van der Waals surface area contributed by atoms with Gasteiger partial charge in [-0.25, -0.2) is 19.2 Å². The lowest BCUT2D eigenvalue weighted by atomic mass is 10.0. The van der Waals surface area contributed by atoms with Gasteiger partial charge in [0.05, 0.1) is 16.1 Å². The molecule has 192 valence electrons. The van der Waals surface area contributed by atoms with Gasteiger partial charge >= 0.3 is 5.97 Å². The van der Waals surface area contributed by atoms with E-state index in [0.717, 1.165) is 28.5 Å². The Morgan fingerprint density at radius 2 is 2.00 bits per heavy atom. The molecule has 0 radical (unpaired) electrons. The van der Waals surface area contributed by atoms with E-state index in [9.17, 15) is 9.18 Å². The summed E-state index contributed by atoms with van der Waals surface area (Å²) in [5.74, 6) is -0.685. The van der Waals surface area contributed by atoms with Gasteiger partial charge in [-0.15, -0.1) is 0 Å². The summed E-state index contributed by atoms with van der Waals surface area (Å²) in [6, 6.07) is 19.2. The molecule has 0 aliphatic heterocycles. The van der Waals surface area contributed by atoms with Crippen LogP contribution in [0.5, 0.6) is 0 Å². The van der Waals surface area contributed by atoms with Crippen LogP contribution in [-0.2, 0) is 11.2 Å². The predicted octanol–water partition coefficient (Wildman–Crippen LogP) is 5.53. The molecule has 0 atom stereocenters. The van der Waals surface area contributed by atoms with Crippen molar-refractivity contribution in [3.8, 4) is 0 Å². The molecule has 0 spiro atoms. The van der Waals surface area contributed by atoms with E-state index < -0.39 is 11.8 Å². The number of hydrogen-bond donors (Lipinski definition) is 4. The maximum atomic E-state index is 13.4. The first-order valence-corrected chi connectivity index (χ1v) is 12.0. The fraction of sp³-hybridized carbons (Fsp3) is 0.0714. The lowest BCUT2D eigenvalue weighted by Crippen LogP contribution is -2.21. The maximum Gasteiger partial charge on any atom is 0.328 e. The molecule has 1 aromatic heterocycles. The van der Waals surface area contributed by atoms with Crippen molar-refractivity contribution in [3.63, 3.8) is 0 Å². The number of aromatic amines is 1. The zero-order valence-electron chi connectivity index (χ0n) is 20.1. The summed E-state index contributed by atoms with van der Waals surface area (Å²) in [4.78, 5) is 27.6. The predicted molar refractivity (Wildman–Crippen MR) is 151 cm³/mol. The smallest absolute Gasteiger partial charge is 0.328 e. The summed E-state index contributed by atoms with van der Waals surface area (Å²) in [6.07, 6.45) is 6.39. The molecule has 8 nitrogen and oxygen atoms in total. The highest BCUT2D eigenvalue weighted by Crippen LogP contribution is 2.20. The molecule has 10 heteroatoms. The maximum absolute atomic E-state index is 13.4. The number of anilines is 1. The Labute approximate surface area is 223 Å². The molecule has 5 N–H and O–H groups in total. The number of halogens is 2. The van der Waals surface area contributed by atoms with Crippen LogP contribution < -0.4 is 11.1 Å². The van der Waals surface area contributed by atoms with Crippen molar-refractivity contribution in [1.82, 2.24) is 9.97 Å². The zero-order valence-corrected chi connectivity index (χ0v) is 20.9. The summed E-state index contributed by atoms with van der Waals surface area (Å²) < 4.78 is 13.4. The topological polar surface area (TPSA) is 129 Å². The molecule has 3 aromatic carbocycles. The fourth-order valence-corrected chi connectivity index (χ4v) is 3.70. The van der Waals surface area contributed by atoms with Crippen molar-refractivity contribution < 1.29 is 14.3 Å². The van der Waals surface area contributed by atoms with Crippen molar-refractivity contribution >= 4 is 58.1 Å². The van der Waals surface area contributed by atoms with Crippen molar-refractivity contribution in [2.24, 2.45) is 15.7 Å². The van der Waals surface area contributed by atoms with Gasteiger partial charge in [-0.1, -0.05) is 41.9 Å². The van der Waals surface area contributed by atoms with Crippen molar-refractivity contribution in [1.29, 1.82) is 0 Å². The number of hydrogen-bond acceptors (Lipinski definition) is 4. The van der Waals surface area contributed by atoms with E-state index >= 15 is 0 Å². The molecule has 0 saturated carbocycles. The average Bonchev–Trinajstić information content (AvgIpc) is 3.32. The van der Waals surface area contributed by atoms with Crippen LogP contribution in [0, 0.1) is 5.82 Å². The first kappa shape index (κ1) is 26.3. The molecule has 4 aromatic rings. The summed E-state index contributed by atoms with van der Waals surface area (Å²) >= 11 is 5.83. The number of carboxylic acid groups (broad SMARTS) is 1. The number of para-hydroxylation sites is 2. The van der Waals surface area contributed by atoms with Gasteiger partial charge in [0.2, 0.25) is 0 Å². The van der Waals surface area contributed by atoms with Crippen LogP contribution in [0.4, 0.5) is 10.1 Å². The molecular formula is C28H24ClFN6O2. The Balaban J connectivity index is 1.54. The Morgan fingerprint density at radius 3 is 2.79 bits per heavy atom. The molecule has 0 bridgehead atoms. The second-order valence-corrected chi connectivity index (χ2v) is 8.54. The Kier molecular flexibility index (Phi) is 8.63. The van der Waals surface area contributed by atoms with E-state index in [-0.39, 0.29) is 11.0 Å². The number of nitrogens with one attached hydrogen (secondary N) is 2. The van der Waals surface area contributed by atoms with E-state index in [1.54, 1.807) is 18.3 Å². The highest BCUT2D eigenvalue weighted by molar-refractivity contribution is 6.31. The van der Waals surface area contributed by atoms with Crippen molar-refractivity contribution in [2.75, 3.05) is 11.9 Å². The number of H-pyrrole nitrogens is 1. The van der Waals surface area contributed by atoms with E-state index in [1.165, 1.54) is 30.5 Å². The van der Waals surface area contributed by atoms with E-state index in [2.05, 4.69) is 25.3 Å². The Hall–Kier alpha value is -4.76. The van der Waals surface area contributed by atoms with Crippen LogP contribution >= 0.6 is 11.6 Å². The molecule has 4 rings (SSSR count). The molecule has 0 aliphatic carbocycles. The van der Waals surface area contributed by atoms with Gasteiger partial charge < -0.3 is 21.1 Å². The third-order valence-corrected chi connectivity index (χ3v) is 5.61. The molecule has 0 fully saturated rings. The summed E-state index contributed by atoms with van der Waals surface area (Å²) in [7, 11) is 0. The molecular weight excluding hydrogens is 507 g/mol. The second-order valence-electron chi connectivity index (χ2n) is 8.14. The van der Waals surface area contributed by atoms with Gasteiger partial charge in [0.1, 0.15) is 11.6 Å². The minimum absolute atomic E-state index is 0.0400. The van der Waals surface area contributed by atoms with E-state index in [0.29, 0.717) is 29.8 Å². The van der Waals surface area contributed by atoms with Gasteiger partial charge in [-0.05, 0) is 53.6 Å². The highest BCUT2D eigenvalue weighted by Gasteiger charge is 2.04. The van der Waals surface area contributed by atoms with E-state index in [1.807, 2.05) is 36.4 Å². The second kappa shape index (κ2) is 12.5. The number of allylic oxidation sites excluding steroid dienone is 1. The number of guanidine groups is 1. The third-order valence-electron chi connectivity index (χ3n) is 5.32. The standard InChI is InChI=1S/C28H24ClFN6O2/c29-22-15-21(9-10-23(22)30)34-28(31)33-17-20(19-5-3-4-18(14-19)8-11-27(37)38)16-32-13-12-26-35-24-6-1-2-7-25(24)36-26/h1-11,14-17H,12-13H2,(H,35,36)(H,37,38)(H3,31,33,34)/b11-8+,20-17?,32-16?. The number of rotatable bonds is 9. The number of nitrogens with zero attached hydrogens (tertiary/aromatic N) is 3. The van der Waals surface area contributed by atoms with Crippen LogP contribution in [0.1, 0.15) is 17.0 Å². The third kappa shape index (κ3) is 7.37. The minimum atomic E-state index is -1.04. The number of nitrogens with two attached hydrogens (primary N) is 1. The van der Waals surface area contributed by atoms with Crippen LogP contribution in [0.25, 0.3) is 22.7 Å². The molecule has 0 unspecified atom stereocenters. The van der Waals surface area contributed by atoms with Crippen LogP contribution in [0.3, 0.4) is 0 Å². The van der Waals surface area contributed by atoms with Gasteiger partial charge in [-0.3, -0.25) is 4.99 Å². The Morgan fingerprint density at radius 1 is 1.16 bits per heavy atom. The SMILES string of the molecule is NC(=NC=C(C=NCCc1nc2ccccc2[nH]1)c1cccc(/C=C/C(=O)O)c1)Nc1ccc(F)c(Cl)c1. The number of carboxylic acids is 1. The van der Waals surface area contributed by atoms with Gasteiger partial charge in [0.25, 0.3) is 0 Å². The lowest BCUT2D eigenvalue weighted by Gasteiger charge is -2.06. The fourth-order valence-electron chi connectivity index (χ4n) is 3.52. The number of benzene rings is 3. The first-order valence-electron chi connectivity index (χ1n) is 11.6. The lowest BCUT2D eigenvalue weighted by molar-refractivity contribution is -0.131. The van der Waals surface area contributed by atoms with Crippen LogP contribution in [0.15, 0.2) is 89.0 Å². The number of aromatic nitrogens is 2. The quantitative estimate of drug-likeness (QED) is 0.128. The van der Waals surface area contributed by atoms with E-state index in [4.69, 9.17) is 22.4 Å². The summed E-state index contributed by atoms with van der Waals surface area (Å²) in [5.41, 5.74) is 10.5.